The maximum absolute atomic E-state index is 11.7. The van der Waals surface area contributed by atoms with Crippen LogP contribution in [0.15, 0.2) is 23.1 Å². The van der Waals surface area contributed by atoms with Crippen molar-refractivity contribution in [3.63, 3.8) is 0 Å². The number of hydrogen-bond donors (Lipinski definition) is 2. The van der Waals surface area contributed by atoms with Gasteiger partial charge in [-0.2, -0.15) is 0 Å². The molecule has 98 valence electrons. The Morgan fingerprint density at radius 2 is 2.06 bits per heavy atom. The molecule has 2 aromatic rings. The molecule has 0 fully saturated rings. The first-order valence-electron chi connectivity index (χ1n) is 5.65. The molecule has 1 aromatic carbocycles. The lowest BCUT2D eigenvalue weighted by molar-refractivity contribution is 0.509. The van der Waals surface area contributed by atoms with E-state index in [1.54, 1.807) is 12.1 Å². The summed E-state index contributed by atoms with van der Waals surface area (Å²) in [5, 5.41) is 0. The lowest BCUT2D eigenvalue weighted by Crippen LogP contribution is -2.29. The first-order chi connectivity index (χ1) is 8.25. The number of nitrogens with zero attached hydrogens (tertiary/aromatic N) is 1. The minimum absolute atomic E-state index is 0.246. The molecule has 3 N–H and O–H groups in total. The number of aromatic nitrogens is 2. The number of aromatic amines is 1. The van der Waals surface area contributed by atoms with E-state index >= 15 is 0 Å². The van der Waals surface area contributed by atoms with Gasteiger partial charge in [-0.1, -0.05) is 19.9 Å². The van der Waals surface area contributed by atoms with Gasteiger partial charge < -0.3 is 10.7 Å². The molecule has 0 unspecified atom stereocenters. The summed E-state index contributed by atoms with van der Waals surface area (Å²) < 4.78 is 23.4. The molecule has 0 atom stereocenters. The number of rotatable bonds is 3. The van der Waals surface area contributed by atoms with E-state index in [4.69, 9.17) is 5.73 Å². The zero-order chi connectivity index (χ0) is 13.6. The average molecular weight is 267 g/mol. The van der Waals surface area contributed by atoms with Gasteiger partial charge in [0.25, 0.3) is 0 Å². The Kier molecular flexibility index (Phi) is 2.95. The Morgan fingerprint density at radius 1 is 1.39 bits per heavy atom. The third-order valence-electron chi connectivity index (χ3n) is 3.03. The second-order valence-corrected chi connectivity index (χ2v) is 7.08. The van der Waals surface area contributed by atoms with Crippen molar-refractivity contribution in [2.75, 3.05) is 12.8 Å². The predicted octanol–water partition coefficient (Wildman–Crippen LogP) is 1.20. The quantitative estimate of drug-likeness (QED) is 0.874. The van der Waals surface area contributed by atoms with Crippen LogP contribution in [0.1, 0.15) is 19.7 Å². The maximum atomic E-state index is 11.7. The molecule has 0 amide bonds. The van der Waals surface area contributed by atoms with Crippen LogP contribution >= 0.6 is 0 Å². The highest BCUT2D eigenvalue weighted by atomic mass is 32.2. The van der Waals surface area contributed by atoms with Crippen LogP contribution in [-0.2, 0) is 15.3 Å². The van der Waals surface area contributed by atoms with E-state index < -0.39 is 9.84 Å². The normalized spacial score (nSPS) is 13.1. The molecule has 0 aliphatic rings. The third-order valence-corrected chi connectivity index (χ3v) is 4.15. The first-order valence-corrected chi connectivity index (χ1v) is 7.54. The molecule has 0 aliphatic carbocycles. The number of sulfone groups is 1. The summed E-state index contributed by atoms with van der Waals surface area (Å²) in [5.74, 6) is 0.705. The first kappa shape index (κ1) is 13.0. The van der Waals surface area contributed by atoms with Crippen LogP contribution in [0.25, 0.3) is 11.0 Å². The van der Waals surface area contributed by atoms with Crippen molar-refractivity contribution < 1.29 is 8.42 Å². The fourth-order valence-electron chi connectivity index (χ4n) is 1.72. The molecule has 0 saturated heterocycles. The number of benzene rings is 1. The second kappa shape index (κ2) is 4.07. The smallest absolute Gasteiger partial charge is 0.177 e. The van der Waals surface area contributed by atoms with Gasteiger partial charge in [-0.15, -0.1) is 0 Å². The number of nitrogens with one attached hydrogen (secondary N) is 1. The minimum Gasteiger partial charge on any atom is -0.341 e. The van der Waals surface area contributed by atoms with Gasteiger partial charge >= 0.3 is 0 Å². The number of fused-ring (bicyclic) bond motifs is 1. The van der Waals surface area contributed by atoms with Crippen LogP contribution < -0.4 is 5.73 Å². The molecule has 0 saturated carbocycles. The van der Waals surface area contributed by atoms with Crippen LogP contribution in [0.5, 0.6) is 0 Å². The molecule has 6 heteroatoms. The SMILES string of the molecule is CC(C)(CN)c1nc2c(S(C)(=O)=O)cccc2[nH]1. The molecule has 5 nitrogen and oxygen atoms in total. The lowest BCUT2D eigenvalue weighted by Gasteiger charge is -2.18. The number of H-pyrrole nitrogens is 1. The standard InChI is InChI=1S/C12H17N3O2S/c1-12(2,7-13)11-14-8-5-4-6-9(10(8)15-11)18(3,16)17/h4-6H,7,13H2,1-3H3,(H,14,15). The number of imidazole rings is 1. The molecular formula is C12H17N3O2S. The lowest BCUT2D eigenvalue weighted by atomic mass is 9.93. The predicted molar refractivity (Wildman–Crippen MR) is 71.3 cm³/mol. The van der Waals surface area contributed by atoms with Gasteiger partial charge in [0.15, 0.2) is 9.84 Å². The Morgan fingerprint density at radius 3 is 2.61 bits per heavy atom. The summed E-state index contributed by atoms with van der Waals surface area (Å²) in [6, 6.07) is 5.08. The summed E-state index contributed by atoms with van der Waals surface area (Å²) >= 11 is 0. The summed E-state index contributed by atoms with van der Waals surface area (Å²) in [4.78, 5) is 7.80. The van der Waals surface area contributed by atoms with E-state index in [-0.39, 0.29) is 10.3 Å². The van der Waals surface area contributed by atoms with Crippen LogP contribution in [0.2, 0.25) is 0 Å². The maximum Gasteiger partial charge on any atom is 0.177 e. The Balaban J connectivity index is 2.74. The molecule has 1 aromatic heterocycles. The van der Waals surface area contributed by atoms with Gasteiger partial charge in [-0.25, -0.2) is 13.4 Å². The largest absolute Gasteiger partial charge is 0.341 e. The molecule has 0 bridgehead atoms. The van der Waals surface area contributed by atoms with Gasteiger partial charge in [0, 0.05) is 18.2 Å². The molecule has 0 aliphatic heterocycles. The van der Waals surface area contributed by atoms with Gasteiger partial charge in [-0.05, 0) is 12.1 Å². The van der Waals surface area contributed by atoms with Gasteiger partial charge in [0.2, 0.25) is 0 Å². The Hall–Kier alpha value is -1.40. The van der Waals surface area contributed by atoms with E-state index in [1.165, 1.54) is 6.26 Å². The Labute approximate surface area is 106 Å². The van der Waals surface area contributed by atoms with Crippen LogP contribution in [0.4, 0.5) is 0 Å². The van der Waals surface area contributed by atoms with Crippen molar-refractivity contribution in [2.24, 2.45) is 5.73 Å². The fraction of sp³-hybridized carbons (Fsp3) is 0.417. The van der Waals surface area contributed by atoms with Crippen LogP contribution in [0, 0.1) is 0 Å². The highest BCUT2D eigenvalue weighted by Gasteiger charge is 2.24. The molecule has 2 rings (SSSR count). The van der Waals surface area contributed by atoms with E-state index in [0.717, 1.165) is 5.52 Å². The van der Waals surface area contributed by atoms with Crippen molar-refractivity contribution >= 4 is 20.9 Å². The number of hydrogen-bond acceptors (Lipinski definition) is 4. The van der Waals surface area contributed by atoms with E-state index in [1.807, 2.05) is 19.9 Å². The molecule has 0 radical (unpaired) electrons. The van der Waals surface area contributed by atoms with Crippen LogP contribution in [-0.4, -0.2) is 31.2 Å². The number of nitrogens with two attached hydrogens (primary N) is 1. The van der Waals surface area contributed by atoms with Gasteiger partial charge in [-0.3, -0.25) is 0 Å². The molecule has 1 heterocycles. The molecule has 18 heavy (non-hydrogen) atoms. The summed E-state index contributed by atoms with van der Waals surface area (Å²) in [6.07, 6.45) is 1.18. The van der Waals surface area contributed by atoms with Crippen molar-refractivity contribution in [3.8, 4) is 0 Å². The van der Waals surface area contributed by atoms with Crippen molar-refractivity contribution in [1.29, 1.82) is 0 Å². The third kappa shape index (κ3) is 2.13. The monoisotopic (exact) mass is 267 g/mol. The van der Waals surface area contributed by atoms with Gasteiger partial charge in [0.05, 0.1) is 10.4 Å². The highest BCUT2D eigenvalue weighted by molar-refractivity contribution is 7.91. The zero-order valence-corrected chi connectivity index (χ0v) is 11.5. The van der Waals surface area contributed by atoms with Gasteiger partial charge in [0.1, 0.15) is 11.3 Å². The minimum atomic E-state index is -3.28. The summed E-state index contributed by atoms with van der Waals surface area (Å²) in [7, 11) is -3.28. The van der Waals surface area contributed by atoms with E-state index in [9.17, 15) is 8.42 Å². The topological polar surface area (TPSA) is 88.8 Å². The fourth-order valence-corrected chi connectivity index (χ4v) is 2.55. The summed E-state index contributed by atoms with van der Waals surface area (Å²) in [5.41, 5.74) is 6.59. The highest BCUT2D eigenvalue weighted by Crippen LogP contribution is 2.26. The molecular weight excluding hydrogens is 250 g/mol. The Bertz CT molecular complexity index is 686. The number of para-hydroxylation sites is 1. The summed E-state index contributed by atoms with van der Waals surface area (Å²) in [6.45, 7) is 4.36. The second-order valence-electron chi connectivity index (χ2n) is 5.10. The van der Waals surface area contributed by atoms with Crippen molar-refractivity contribution in [2.45, 2.75) is 24.2 Å². The zero-order valence-electron chi connectivity index (χ0n) is 10.7. The van der Waals surface area contributed by atoms with E-state index in [2.05, 4.69) is 9.97 Å². The average Bonchev–Trinajstić information content (AvgIpc) is 2.71. The van der Waals surface area contributed by atoms with Crippen molar-refractivity contribution in [3.05, 3.63) is 24.0 Å². The van der Waals surface area contributed by atoms with Crippen molar-refractivity contribution in [1.82, 2.24) is 9.97 Å². The van der Waals surface area contributed by atoms with E-state index in [0.29, 0.717) is 17.9 Å². The molecule has 0 spiro atoms. The van der Waals surface area contributed by atoms with Crippen LogP contribution in [0.3, 0.4) is 0 Å².